The Morgan fingerprint density at radius 1 is 0.939 bits per heavy atom. The Bertz CT molecular complexity index is 1250. The summed E-state index contributed by atoms with van der Waals surface area (Å²) in [5.74, 6) is -0.820. The summed E-state index contributed by atoms with van der Waals surface area (Å²) in [6, 6.07) is 15.9. The third-order valence-corrected chi connectivity index (χ3v) is 6.98. The van der Waals surface area contributed by atoms with Gasteiger partial charge in [0.2, 0.25) is 15.9 Å². The van der Waals surface area contributed by atoms with Crippen LogP contribution in [-0.2, 0) is 27.5 Å². The highest BCUT2D eigenvalue weighted by atomic mass is 35.5. The predicted molar refractivity (Wildman–Crippen MR) is 121 cm³/mol. The molecule has 0 fully saturated rings. The molecule has 0 saturated heterocycles. The van der Waals surface area contributed by atoms with Crippen LogP contribution in [0.3, 0.4) is 0 Å². The third-order valence-electron chi connectivity index (χ3n) is 4.55. The topological polar surface area (TPSA) is 66.5 Å². The highest BCUT2D eigenvalue weighted by molar-refractivity contribution is 7.89. The minimum Gasteiger partial charge on any atom is -0.325 e. The van der Waals surface area contributed by atoms with Gasteiger partial charge in [-0.1, -0.05) is 47.5 Å². The average Bonchev–Trinajstić information content (AvgIpc) is 2.74. The Kier molecular flexibility index (Phi) is 7.69. The standard InChI is InChI=1S/C22H17Cl2F3N2O3S/c23-17-8-10-19(11-9-17)33(31,32)29(13-15-4-1-2-7-20(15)24)14-21(30)28-18-6-3-5-16(12-18)22(25,26)27/h1-12H,13-14H2,(H,28,30). The first-order chi connectivity index (χ1) is 15.5. The second-order valence-corrected chi connectivity index (χ2v) is 9.73. The first-order valence-corrected chi connectivity index (χ1v) is 11.6. The Labute approximate surface area is 198 Å². The number of carbonyl (C=O) groups excluding carboxylic acids is 1. The van der Waals surface area contributed by atoms with Gasteiger partial charge >= 0.3 is 6.18 Å². The maximum Gasteiger partial charge on any atom is 0.416 e. The molecule has 5 nitrogen and oxygen atoms in total. The normalized spacial score (nSPS) is 12.1. The van der Waals surface area contributed by atoms with Crippen LogP contribution in [0.4, 0.5) is 18.9 Å². The third kappa shape index (κ3) is 6.48. The molecule has 1 N–H and O–H groups in total. The number of halogens is 5. The molecule has 3 aromatic rings. The van der Waals surface area contributed by atoms with Crippen molar-refractivity contribution in [3.8, 4) is 0 Å². The lowest BCUT2D eigenvalue weighted by Crippen LogP contribution is -2.37. The first-order valence-electron chi connectivity index (χ1n) is 9.43. The zero-order chi connectivity index (χ0) is 24.2. The number of benzene rings is 3. The molecule has 0 radical (unpaired) electrons. The molecule has 0 bridgehead atoms. The maximum atomic E-state index is 13.2. The minimum atomic E-state index is -4.59. The number of carbonyl (C=O) groups is 1. The SMILES string of the molecule is O=C(CN(Cc1ccccc1Cl)S(=O)(=O)c1ccc(Cl)cc1)Nc1cccc(C(F)(F)F)c1. The average molecular weight is 517 g/mol. The molecule has 33 heavy (non-hydrogen) atoms. The van der Waals surface area contributed by atoms with Gasteiger partial charge in [0.1, 0.15) is 0 Å². The number of sulfonamides is 1. The van der Waals surface area contributed by atoms with Crippen LogP contribution in [0.5, 0.6) is 0 Å². The zero-order valence-corrected chi connectivity index (χ0v) is 19.1. The monoisotopic (exact) mass is 516 g/mol. The number of anilines is 1. The predicted octanol–water partition coefficient (Wildman–Crippen LogP) is 5.84. The van der Waals surface area contributed by atoms with Crippen molar-refractivity contribution in [2.24, 2.45) is 0 Å². The summed E-state index contributed by atoms with van der Waals surface area (Å²) in [6.07, 6.45) is -4.59. The molecule has 0 atom stereocenters. The van der Waals surface area contributed by atoms with E-state index < -0.39 is 34.2 Å². The summed E-state index contributed by atoms with van der Waals surface area (Å²) in [6.45, 7) is -0.896. The van der Waals surface area contributed by atoms with Crippen LogP contribution < -0.4 is 5.32 Å². The van der Waals surface area contributed by atoms with E-state index in [9.17, 15) is 26.4 Å². The highest BCUT2D eigenvalue weighted by Gasteiger charge is 2.31. The van der Waals surface area contributed by atoms with Crippen LogP contribution >= 0.6 is 23.2 Å². The smallest absolute Gasteiger partial charge is 0.325 e. The van der Waals surface area contributed by atoms with Gasteiger partial charge in [-0.15, -0.1) is 0 Å². The Hall–Kier alpha value is -2.59. The number of rotatable bonds is 7. The van der Waals surface area contributed by atoms with Gasteiger partial charge in [0.15, 0.2) is 0 Å². The van der Waals surface area contributed by atoms with Crippen molar-refractivity contribution in [1.29, 1.82) is 0 Å². The number of hydrogen-bond acceptors (Lipinski definition) is 3. The number of alkyl halides is 3. The van der Waals surface area contributed by atoms with Crippen molar-refractivity contribution in [2.45, 2.75) is 17.6 Å². The van der Waals surface area contributed by atoms with Crippen molar-refractivity contribution in [3.63, 3.8) is 0 Å². The molecule has 0 unspecified atom stereocenters. The van der Waals surface area contributed by atoms with E-state index in [-0.39, 0.29) is 17.1 Å². The van der Waals surface area contributed by atoms with Gasteiger partial charge < -0.3 is 5.32 Å². The molecule has 3 aromatic carbocycles. The van der Waals surface area contributed by atoms with Crippen LogP contribution in [0.1, 0.15) is 11.1 Å². The summed E-state index contributed by atoms with van der Waals surface area (Å²) in [5, 5.41) is 2.94. The van der Waals surface area contributed by atoms with E-state index in [0.717, 1.165) is 22.5 Å². The molecule has 0 aliphatic rings. The van der Waals surface area contributed by atoms with Gasteiger partial charge in [0.25, 0.3) is 0 Å². The molecule has 0 aromatic heterocycles. The number of amides is 1. The molecule has 0 spiro atoms. The first kappa shape index (κ1) is 25.0. The second kappa shape index (κ2) is 10.1. The summed E-state index contributed by atoms with van der Waals surface area (Å²) in [4.78, 5) is 12.5. The molecule has 11 heteroatoms. The second-order valence-electron chi connectivity index (χ2n) is 6.95. The van der Waals surface area contributed by atoms with Crippen LogP contribution in [0, 0.1) is 0 Å². The minimum absolute atomic E-state index is 0.106. The highest BCUT2D eigenvalue weighted by Crippen LogP contribution is 2.31. The summed E-state index contributed by atoms with van der Waals surface area (Å²) in [5.41, 5.74) is -0.609. The number of nitrogens with one attached hydrogen (secondary N) is 1. The van der Waals surface area contributed by atoms with E-state index in [1.807, 2.05) is 0 Å². The van der Waals surface area contributed by atoms with Crippen molar-refractivity contribution >= 4 is 44.8 Å². The van der Waals surface area contributed by atoms with Gasteiger partial charge in [-0.25, -0.2) is 8.42 Å². The van der Waals surface area contributed by atoms with E-state index in [1.165, 1.54) is 30.3 Å². The Morgan fingerprint density at radius 2 is 1.61 bits per heavy atom. The van der Waals surface area contributed by atoms with Gasteiger partial charge in [0, 0.05) is 22.3 Å². The van der Waals surface area contributed by atoms with Crippen molar-refractivity contribution in [1.82, 2.24) is 4.31 Å². The molecule has 0 heterocycles. The van der Waals surface area contributed by atoms with Gasteiger partial charge in [0.05, 0.1) is 17.0 Å². The quantitative estimate of drug-likeness (QED) is 0.428. The number of nitrogens with zero attached hydrogens (tertiary/aromatic N) is 1. The summed E-state index contributed by atoms with van der Waals surface area (Å²) >= 11 is 12.0. The summed E-state index contributed by atoms with van der Waals surface area (Å²) < 4.78 is 66.2. The van der Waals surface area contributed by atoms with E-state index >= 15 is 0 Å². The zero-order valence-electron chi connectivity index (χ0n) is 16.8. The van der Waals surface area contributed by atoms with Crippen molar-refractivity contribution in [2.75, 3.05) is 11.9 Å². The molecular weight excluding hydrogens is 500 g/mol. The Balaban J connectivity index is 1.89. The van der Waals surface area contributed by atoms with Crippen molar-refractivity contribution in [3.05, 3.63) is 94.0 Å². The lowest BCUT2D eigenvalue weighted by Gasteiger charge is -2.22. The molecule has 174 valence electrons. The lowest BCUT2D eigenvalue weighted by molar-refractivity contribution is -0.137. The fraction of sp³-hybridized carbons (Fsp3) is 0.136. The fourth-order valence-electron chi connectivity index (χ4n) is 2.93. The van der Waals surface area contributed by atoms with Crippen LogP contribution in [0.25, 0.3) is 0 Å². The van der Waals surface area contributed by atoms with Crippen LogP contribution in [-0.4, -0.2) is 25.2 Å². The molecule has 1 amide bonds. The van der Waals surface area contributed by atoms with Crippen LogP contribution in [0.15, 0.2) is 77.7 Å². The fourth-order valence-corrected chi connectivity index (χ4v) is 4.63. The van der Waals surface area contributed by atoms with Gasteiger partial charge in [-0.2, -0.15) is 17.5 Å². The number of hydrogen-bond donors (Lipinski definition) is 1. The van der Waals surface area contributed by atoms with E-state index in [4.69, 9.17) is 23.2 Å². The molecular formula is C22H17Cl2F3N2O3S. The van der Waals surface area contributed by atoms with Gasteiger partial charge in [-0.05, 0) is 54.1 Å². The molecule has 0 aliphatic heterocycles. The van der Waals surface area contributed by atoms with E-state index in [0.29, 0.717) is 15.6 Å². The van der Waals surface area contributed by atoms with Gasteiger partial charge in [-0.3, -0.25) is 4.79 Å². The molecule has 3 rings (SSSR count). The summed E-state index contributed by atoms with van der Waals surface area (Å²) in [7, 11) is -4.18. The van der Waals surface area contributed by atoms with E-state index in [1.54, 1.807) is 24.3 Å². The molecule has 0 aliphatic carbocycles. The van der Waals surface area contributed by atoms with Crippen LogP contribution in [0.2, 0.25) is 10.0 Å². The lowest BCUT2D eigenvalue weighted by atomic mass is 10.2. The van der Waals surface area contributed by atoms with Crippen molar-refractivity contribution < 1.29 is 26.4 Å². The molecule has 0 saturated carbocycles. The maximum absolute atomic E-state index is 13.2. The Morgan fingerprint density at radius 3 is 2.24 bits per heavy atom. The van der Waals surface area contributed by atoms with E-state index in [2.05, 4.69) is 5.32 Å². The largest absolute Gasteiger partial charge is 0.416 e.